The molecule has 0 saturated carbocycles. The summed E-state index contributed by atoms with van der Waals surface area (Å²) in [6, 6.07) is 4.31. The number of aromatic nitrogens is 2. The maximum absolute atomic E-state index is 13.9. The molecular formula is C14H18BrFN4O. The molecule has 0 aliphatic heterocycles. The molecule has 7 heteroatoms. The molecule has 1 aromatic heterocycles. The molecular weight excluding hydrogens is 339 g/mol. The van der Waals surface area contributed by atoms with E-state index < -0.39 is 5.82 Å². The molecule has 0 spiro atoms. The highest BCUT2D eigenvalue weighted by Crippen LogP contribution is 2.25. The van der Waals surface area contributed by atoms with Crippen molar-refractivity contribution >= 4 is 15.9 Å². The second kappa shape index (κ2) is 7.11. The molecule has 21 heavy (non-hydrogen) atoms. The minimum absolute atomic E-state index is 0.144. The lowest BCUT2D eigenvalue weighted by Crippen LogP contribution is -2.32. The fraction of sp³-hybridized carbons (Fsp3) is 0.429. The maximum atomic E-state index is 13.9. The summed E-state index contributed by atoms with van der Waals surface area (Å²) in [5.41, 5.74) is 6.34. The largest absolute Gasteiger partial charge is 0.334 e. The van der Waals surface area contributed by atoms with Crippen LogP contribution in [-0.4, -0.2) is 34.7 Å². The number of likely N-dealkylation sites (N-methyl/N-ethyl adjacent to an activating group) is 1. The Morgan fingerprint density at radius 1 is 1.38 bits per heavy atom. The van der Waals surface area contributed by atoms with Crippen molar-refractivity contribution in [1.82, 2.24) is 15.0 Å². The van der Waals surface area contributed by atoms with Gasteiger partial charge in [-0.3, -0.25) is 0 Å². The van der Waals surface area contributed by atoms with Crippen molar-refractivity contribution in [3.8, 4) is 11.5 Å². The topological polar surface area (TPSA) is 68.2 Å². The third-order valence-corrected chi connectivity index (χ3v) is 3.78. The monoisotopic (exact) mass is 356 g/mol. The first kappa shape index (κ1) is 16.1. The van der Waals surface area contributed by atoms with Crippen LogP contribution in [0.25, 0.3) is 11.5 Å². The highest BCUT2D eigenvalue weighted by atomic mass is 79.9. The van der Waals surface area contributed by atoms with E-state index in [4.69, 9.17) is 10.3 Å². The van der Waals surface area contributed by atoms with Gasteiger partial charge in [-0.15, -0.1) is 0 Å². The molecule has 0 saturated heterocycles. The Hall–Kier alpha value is -1.31. The molecule has 2 rings (SSSR count). The average Bonchev–Trinajstić information content (AvgIpc) is 2.94. The SMILES string of the molecule is CCN(CC)CC(N)c1noc(-c2ccc(Br)cc2F)n1. The second-order valence-electron chi connectivity index (χ2n) is 4.67. The first-order chi connectivity index (χ1) is 10.0. The molecule has 0 fully saturated rings. The van der Waals surface area contributed by atoms with Crippen molar-refractivity contribution < 1.29 is 8.91 Å². The minimum atomic E-state index is -0.420. The number of hydrogen-bond acceptors (Lipinski definition) is 5. The molecule has 0 bridgehead atoms. The van der Waals surface area contributed by atoms with Gasteiger partial charge in [-0.2, -0.15) is 4.98 Å². The number of nitrogens with two attached hydrogens (primary N) is 1. The van der Waals surface area contributed by atoms with E-state index in [1.807, 2.05) is 0 Å². The van der Waals surface area contributed by atoms with E-state index in [1.54, 1.807) is 12.1 Å². The zero-order chi connectivity index (χ0) is 15.4. The van der Waals surface area contributed by atoms with Gasteiger partial charge in [0.25, 0.3) is 5.89 Å². The van der Waals surface area contributed by atoms with E-state index >= 15 is 0 Å². The van der Waals surface area contributed by atoms with E-state index in [9.17, 15) is 4.39 Å². The van der Waals surface area contributed by atoms with Crippen LogP contribution < -0.4 is 5.73 Å². The van der Waals surface area contributed by atoms with Gasteiger partial charge in [0.2, 0.25) is 0 Å². The number of nitrogens with zero attached hydrogens (tertiary/aromatic N) is 3. The molecule has 1 atom stereocenters. The third kappa shape index (κ3) is 3.87. The van der Waals surface area contributed by atoms with Crippen molar-refractivity contribution in [3.05, 3.63) is 34.3 Å². The van der Waals surface area contributed by atoms with E-state index in [1.165, 1.54) is 6.07 Å². The highest BCUT2D eigenvalue weighted by Gasteiger charge is 2.19. The summed E-state index contributed by atoms with van der Waals surface area (Å²) < 4.78 is 19.6. The van der Waals surface area contributed by atoms with Crippen molar-refractivity contribution in [1.29, 1.82) is 0 Å². The lowest BCUT2D eigenvalue weighted by Gasteiger charge is -2.20. The Kier molecular flexibility index (Phi) is 5.44. The Bertz CT molecular complexity index is 600. The Balaban J connectivity index is 2.17. The molecule has 2 N–H and O–H groups in total. The number of hydrogen-bond donors (Lipinski definition) is 1. The molecule has 0 radical (unpaired) electrons. The van der Waals surface area contributed by atoms with Crippen molar-refractivity contribution in [3.63, 3.8) is 0 Å². The van der Waals surface area contributed by atoms with Crippen molar-refractivity contribution in [2.45, 2.75) is 19.9 Å². The molecule has 1 heterocycles. The van der Waals surface area contributed by atoms with Crippen LogP contribution in [0.4, 0.5) is 4.39 Å². The van der Waals surface area contributed by atoms with Gasteiger partial charge in [0.15, 0.2) is 5.82 Å². The van der Waals surface area contributed by atoms with E-state index in [-0.39, 0.29) is 17.5 Å². The fourth-order valence-corrected chi connectivity index (χ4v) is 2.33. The van der Waals surface area contributed by atoms with Crippen LogP contribution in [-0.2, 0) is 0 Å². The predicted octanol–water partition coefficient (Wildman–Crippen LogP) is 2.98. The molecule has 0 aliphatic rings. The van der Waals surface area contributed by atoms with Gasteiger partial charge in [0.05, 0.1) is 11.6 Å². The zero-order valence-electron chi connectivity index (χ0n) is 12.0. The second-order valence-corrected chi connectivity index (χ2v) is 5.59. The normalized spacial score (nSPS) is 12.9. The third-order valence-electron chi connectivity index (χ3n) is 3.28. The molecule has 1 aromatic carbocycles. The number of rotatable bonds is 6. The standard InChI is InChI=1S/C14H18BrFN4O/c1-3-20(4-2)8-12(17)13-18-14(21-19-13)10-6-5-9(15)7-11(10)16/h5-7,12H,3-4,8,17H2,1-2H3. The first-order valence-corrected chi connectivity index (χ1v) is 7.61. The van der Waals surface area contributed by atoms with Crippen molar-refractivity contribution in [2.24, 2.45) is 5.73 Å². The Morgan fingerprint density at radius 3 is 2.71 bits per heavy atom. The van der Waals surface area contributed by atoms with Crippen LogP contribution >= 0.6 is 15.9 Å². The van der Waals surface area contributed by atoms with Crippen molar-refractivity contribution in [2.75, 3.05) is 19.6 Å². The van der Waals surface area contributed by atoms with Gasteiger partial charge in [-0.25, -0.2) is 4.39 Å². The quantitative estimate of drug-likeness (QED) is 0.861. The van der Waals surface area contributed by atoms with Crippen LogP contribution in [0.15, 0.2) is 27.2 Å². The number of benzene rings is 1. The van der Waals surface area contributed by atoms with Gasteiger partial charge in [-0.05, 0) is 31.3 Å². The van der Waals surface area contributed by atoms with Gasteiger partial charge in [0.1, 0.15) is 5.82 Å². The van der Waals surface area contributed by atoms with Crippen LogP contribution in [0.1, 0.15) is 25.7 Å². The van der Waals surface area contributed by atoms with E-state index in [0.717, 1.165) is 13.1 Å². The molecule has 5 nitrogen and oxygen atoms in total. The van der Waals surface area contributed by atoms with Crippen LogP contribution in [0.5, 0.6) is 0 Å². The van der Waals surface area contributed by atoms with Gasteiger partial charge < -0.3 is 15.2 Å². The van der Waals surface area contributed by atoms with E-state index in [2.05, 4.69) is 44.8 Å². The first-order valence-electron chi connectivity index (χ1n) is 6.82. The van der Waals surface area contributed by atoms with Gasteiger partial charge >= 0.3 is 0 Å². The molecule has 1 unspecified atom stereocenters. The number of halogens is 2. The lowest BCUT2D eigenvalue weighted by molar-refractivity contribution is 0.278. The maximum Gasteiger partial charge on any atom is 0.260 e. The van der Waals surface area contributed by atoms with Gasteiger partial charge in [0, 0.05) is 11.0 Å². The Labute approximate surface area is 131 Å². The van der Waals surface area contributed by atoms with Crippen LogP contribution in [0, 0.1) is 5.82 Å². The summed E-state index contributed by atoms with van der Waals surface area (Å²) in [5, 5.41) is 3.86. The molecule has 0 amide bonds. The van der Waals surface area contributed by atoms with E-state index in [0.29, 0.717) is 16.8 Å². The summed E-state index contributed by atoms with van der Waals surface area (Å²) in [6.45, 7) is 6.56. The van der Waals surface area contributed by atoms with Gasteiger partial charge in [-0.1, -0.05) is 34.9 Å². The summed E-state index contributed by atoms with van der Waals surface area (Å²) in [5.74, 6) is 0.112. The zero-order valence-corrected chi connectivity index (χ0v) is 13.6. The summed E-state index contributed by atoms with van der Waals surface area (Å²) in [6.07, 6.45) is 0. The molecule has 0 aliphatic carbocycles. The fourth-order valence-electron chi connectivity index (χ4n) is 2.00. The smallest absolute Gasteiger partial charge is 0.260 e. The summed E-state index contributed by atoms with van der Waals surface area (Å²) >= 11 is 3.21. The average molecular weight is 357 g/mol. The van der Waals surface area contributed by atoms with Crippen LogP contribution in [0.3, 0.4) is 0 Å². The highest BCUT2D eigenvalue weighted by molar-refractivity contribution is 9.10. The minimum Gasteiger partial charge on any atom is -0.334 e. The lowest BCUT2D eigenvalue weighted by atomic mass is 10.2. The summed E-state index contributed by atoms with van der Waals surface area (Å²) in [4.78, 5) is 6.38. The molecule has 114 valence electrons. The summed E-state index contributed by atoms with van der Waals surface area (Å²) in [7, 11) is 0. The Morgan fingerprint density at radius 2 is 2.10 bits per heavy atom. The molecule has 2 aromatic rings. The predicted molar refractivity (Wildman–Crippen MR) is 82.1 cm³/mol. The van der Waals surface area contributed by atoms with Crippen LogP contribution in [0.2, 0.25) is 0 Å².